The van der Waals surface area contributed by atoms with Gasteiger partial charge in [0, 0.05) is 6.04 Å². The number of carbonyl (C=O) groups is 2. The van der Waals surface area contributed by atoms with Crippen molar-refractivity contribution in [3.05, 3.63) is 0 Å². The summed E-state index contributed by atoms with van der Waals surface area (Å²) >= 11 is 0. The molecular weight excluding hydrogens is 251 g/mol. The van der Waals surface area contributed by atoms with Crippen LogP contribution < -0.4 is 5.32 Å². The molecule has 0 bridgehead atoms. The Hall–Kier alpha value is -1.27. The molecule has 0 aromatic heterocycles. The first-order chi connectivity index (χ1) is 8.23. The summed E-state index contributed by atoms with van der Waals surface area (Å²) in [5.74, 6) is -4.09. The second-order valence-corrected chi connectivity index (χ2v) is 5.27. The summed E-state index contributed by atoms with van der Waals surface area (Å²) in [5, 5.41) is 10.9. The van der Waals surface area contributed by atoms with Gasteiger partial charge in [0.25, 0.3) is 0 Å². The fourth-order valence-electron chi connectivity index (χ4n) is 2.69. The highest BCUT2D eigenvalue weighted by Crippen LogP contribution is 2.57. The second-order valence-electron chi connectivity index (χ2n) is 5.27. The normalized spacial score (nSPS) is 29.9. The van der Waals surface area contributed by atoms with Crippen LogP contribution in [-0.2, 0) is 9.59 Å². The standard InChI is InChI=1S/C11H14F3NO3/c12-11(13,14)9(18)15-7-1-2-10(3-4-10)5-6(7)8(16)17/h6-7H,1-5H2,(H,15,18)(H,16,17). The van der Waals surface area contributed by atoms with Crippen molar-refractivity contribution in [1.29, 1.82) is 0 Å². The topological polar surface area (TPSA) is 66.4 Å². The van der Waals surface area contributed by atoms with Crippen molar-refractivity contribution in [2.45, 2.75) is 44.3 Å². The average Bonchev–Trinajstić information content (AvgIpc) is 2.99. The maximum Gasteiger partial charge on any atom is 0.471 e. The molecule has 4 nitrogen and oxygen atoms in total. The van der Waals surface area contributed by atoms with Crippen molar-refractivity contribution >= 4 is 11.9 Å². The molecular formula is C11H14F3NO3. The van der Waals surface area contributed by atoms with Crippen molar-refractivity contribution in [2.75, 3.05) is 0 Å². The molecule has 1 amide bonds. The second kappa shape index (κ2) is 4.13. The lowest BCUT2D eigenvalue weighted by Crippen LogP contribution is -2.50. The van der Waals surface area contributed by atoms with Gasteiger partial charge in [0.15, 0.2) is 0 Å². The fraction of sp³-hybridized carbons (Fsp3) is 0.818. The van der Waals surface area contributed by atoms with Crippen LogP contribution in [0.15, 0.2) is 0 Å². The van der Waals surface area contributed by atoms with Gasteiger partial charge in [0.1, 0.15) is 0 Å². The average molecular weight is 265 g/mol. The van der Waals surface area contributed by atoms with E-state index in [9.17, 15) is 22.8 Å². The van der Waals surface area contributed by atoms with Crippen LogP contribution in [0, 0.1) is 11.3 Å². The molecule has 0 saturated heterocycles. The van der Waals surface area contributed by atoms with Crippen LogP contribution in [0.25, 0.3) is 0 Å². The van der Waals surface area contributed by atoms with E-state index in [0.29, 0.717) is 19.3 Å². The van der Waals surface area contributed by atoms with Gasteiger partial charge in [-0.25, -0.2) is 0 Å². The monoisotopic (exact) mass is 265 g/mol. The first kappa shape index (κ1) is 13.2. The summed E-state index contributed by atoms with van der Waals surface area (Å²) in [5.41, 5.74) is 0.0164. The van der Waals surface area contributed by atoms with E-state index in [-0.39, 0.29) is 5.41 Å². The molecule has 2 fully saturated rings. The highest BCUT2D eigenvalue weighted by molar-refractivity contribution is 5.83. The molecule has 2 atom stereocenters. The van der Waals surface area contributed by atoms with Crippen LogP contribution in [0.3, 0.4) is 0 Å². The number of carbonyl (C=O) groups excluding carboxylic acids is 1. The largest absolute Gasteiger partial charge is 0.481 e. The zero-order valence-electron chi connectivity index (χ0n) is 9.59. The molecule has 2 N–H and O–H groups in total. The molecule has 0 aromatic carbocycles. The number of nitrogens with one attached hydrogen (secondary N) is 1. The Morgan fingerprint density at radius 1 is 1.22 bits per heavy atom. The quantitative estimate of drug-likeness (QED) is 0.798. The van der Waals surface area contributed by atoms with Crippen molar-refractivity contribution in [3.8, 4) is 0 Å². The number of alkyl halides is 3. The van der Waals surface area contributed by atoms with Gasteiger partial charge in [-0.3, -0.25) is 9.59 Å². The van der Waals surface area contributed by atoms with Gasteiger partial charge in [-0.1, -0.05) is 0 Å². The summed E-state index contributed by atoms with van der Waals surface area (Å²) in [6.45, 7) is 0. The minimum Gasteiger partial charge on any atom is -0.481 e. The van der Waals surface area contributed by atoms with E-state index in [0.717, 1.165) is 12.8 Å². The van der Waals surface area contributed by atoms with E-state index in [4.69, 9.17) is 5.11 Å². The predicted molar refractivity (Wildman–Crippen MR) is 54.6 cm³/mol. The third-order valence-corrected chi connectivity index (χ3v) is 3.97. The molecule has 0 radical (unpaired) electrons. The molecule has 7 heteroatoms. The number of hydrogen-bond donors (Lipinski definition) is 2. The van der Waals surface area contributed by atoms with Gasteiger partial charge in [-0.2, -0.15) is 13.2 Å². The summed E-state index contributed by atoms with van der Waals surface area (Å²) in [6, 6.07) is -0.914. The van der Waals surface area contributed by atoms with Crippen molar-refractivity contribution < 1.29 is 27.9 Å². The molecule has 2 aliphatic carbocycles. The highest BCUT2D eigenvalue weighted by atomic mass is 19.4. The van der Waals surface area contributed by atoms with Gasteiger partial charge in [-0.15, -0.1) is 0 Å². The number of carboxylic acid groups (broad SMARTS) is 1. The van der Waals surface area contributed by atoms with E-state index in [1.807, 2.05) is 5.32 Å². The third kappa shape index (κ3) is 2.59. The van der Waals surface area contributed by atoms with Gasteiger partial charge >= 0.3 is 18.1 Å². The Labute approximate surface area is 102 Å². The van der Waals surface area contributed by atoms with Crippen LogP contribution in [0.2, 0.25) is 0 Å². The van der Waals surface area contributed by atoms with Crippen LogP contribution >= 0.6 is 0 Å². The Morgan fingerprint density at radius 3 is 2.28 bits per heavy atom. The van der Waals surface area contributed by atoms with Gasteiger partial charge in [0.05, 0.1) is 5.92 Å². The van der Waals surface area contributed by atoms with E-state index < -0.39 is 30.0 Å². The highest BCUT2D eigenvalue weighted by Gasteiger charge is 2.52. The number of hydrogen-bond acceptors (Lipinski definition) is 2. The summed E-state index contributed by atoms with van der Waals surface area (Å²) in [6.07, 6.45) is -1.71. The lowest BCUT2D eigenvalue weighted by Gasteiger charge is -2.34. The minimum absolute atomic E-state index is 0.0164. The van der Waals surface area contributed by atoms with E-state index in [2.05, 4.69) is 0 Å². The first-order valence-corrected chi connectivity index (χ1v) is 5.84. The zero-order chi connectivity index (χ0) is 13.6. The Balaban J connectivity index is 2.02. The minimum atomic E-state index is -4.96. The Bertz CT molecular complexity index is 376. The predicted octanol–water partition coefficient (Wildman–Crippen LogP) is 1.70. The molecule has 1 spiro atoms. The smallest absolute Gasteiger partial charge is 0.471 e. The maximum absolute atomic E-state index is 12.1. The lowest BCUT2D eigenvalue weighted by atomic mass is 9.76. The Morgan fingerprint density at radius 2 is 1.83 bits per heavy atom. The number of rotatable bonds is 2. The SMILES string of the molecule is O=C(O)C1CC2(CCC1NC(=O)C(F)(F)F)CC2. The van der Waals surface area contributed by atoms with Crippen molar-refractivity contribution in [1.82, 2.24) is 5.32 Å². The molecule has 2 unspecified atom stereocenters. The van der Waals surface area contributed by atoms with Crippen LogP contribution in [0.1, 0.15) is 32.1 Å². The van der Waals surface area contributed by atoms with Crippen LogP contribution in [0.5, 0.6) is 0 Å². The van der Waals surface area contributed by atoms with Crippen LogP contribution in [-0.4, -0.2) is 29.2 Å². The van der Waals surface area contributed by atoms with Crippen molar-refractivity contribution in [3.63, 3.8) is 0 Å². The molecule has 2 aliphatic rings. The molecule has 102 valence electrons. The lowest BCUT2D eigenvalue weighted by molar-refractivity contribution is -0.175. The zero-order valence-corrected chi connectivity index (χ0v) is 9.59. The molecule has 0 aliphatic heterocycles. The molecule has 2 saturated carbocycles. The summed E-state index contributed by atoms with van der Waals surface area (Å²) in [7, 11) is 0. The van der Waals surface area contributed by atoms with Crippen molar-refractivity contribution in [2.24, 2.45) is 11.3 Å². The first-order valence-electron chi connectivity index (χ1n) is 5.84. The Kier molecular flexibility index (Phi) is 3.03. The van der Waals surface area contributed by atoms with E-state index in [1.54, 1.807) is 0 Å². The fourth-order valence-corrected chi connectivity index (χ4v) is 2.69. The summed E-state index contributed by atoms with van der Waals surface area (Å²) < 4.78 is 36.4. The molecule has 18 heavy (non-hydrogen) atoms. The number of halogens is 3. The van der Waals surface area contributed by atoms with E-state index >= 15 is 0 Å². The molecule has 0 aromatic rings. The maximum atomic E-state index is 12.1. The molecule has 0 heterocycles. The third-order valence-electron chi connectivity index (χ3n) is 3.97. The van der Waals surface area contributed by atoms with Gasteiger partial charge < -0.3 is 10.4 Å². The number of carboxylic acids is 1. The number of amides is 1. The summed E-state index contributed by atoms with van der Waals surface area (Å²) in [4.78, 5) is 21.9. The number of aliphatic carboxylic acids is 1. The van der Waals surface area contributed by atoms with Crippen LogP contribution in [0.4, 0.5) is 13.2 Å². The molecule has 2 rings (SSSR count). The van der Waals surface area contributed by atoms with E-state index in [1.165, 1.54) is 0 Å². The van der Waals surface area contributed by atoms with Gasteiger partial charge in [0.2, 0.25) is 0 Å². The van der Waals surface area contributed by atoms with Gasteiger partial charge in [-0.05, 0) is 37.5 Å².